The van der Waals surface area contributed by atoms with Crippen LogP contribution in [0.3, 0.4) is 0 Å². The molecule has 1 aliphatic heterocycles. The molecule has 1 aliphatic carbocycles. The third-order valence-corrected chi connectivity index (χ3v) is 5.22. The van der Waals surface area contributed by atoms with Crippen LogP contribution in [0, 0.1) is 11.8 Å². The minimum Gasteiger partial charge on any atom is -0.334 e. The van der Waals surface area contributed by atoms with E-state index >= 15 is 0 Å². The molecule has 1 N–H and O–H groups in total. The van der Waals surface area contributed by atoms with Gasteiger partial charge in [0.1, 0.15) is 0 Å². The monoisotopic (exact) mass is 261 g/mol. The van der Waals surface area contributed by atoms with Crippen LogP contribution in [0.25, 0.3) is 0 Å². The third-order valence-electron chi connectivity index (χ3n) is 5.22. The summed E-state index contributed by atoms with van der Waals surface area (Å²) in [4.78, 5) is 4.43. The quantitative estimate of drug-likeness (QED) is 0.905. The highest BCUT2D eigenvalue weighted by molar-refractivity contribution is 5.08. The number of rotatable bonds is 3. The molecule has 1 aromatic rings. The first kappa shape index (κ1) is 13.2. The summed E-state index contributed by atoms with van der Waals surface area (Å²) in [7, 11) is 0. The van der Waals surface area contributed by atoms with Crippen LogP contribution in [0.5, 0.6) is 0 Å². The highest BCUT2D eigenvalue weighted by Gasteiger charge is 2.24. The molecule has 0 spiro atoms. The molecule has 2 unspecified atom stereocenters. The Morgan fingerprint density at radius 3 is 2.79 bits per heavy atom. The molecule has 0 bridgehead atoms. The van der Waals surface area contributed by atoms with Gasteiger partial charge in [0.05, 0.1) is 6.33 Å². The smallest absolute Gasteiger partial charge is 0.0948 e. The number of piperidine rings is 1. The maximum atomic E-state index is 4.43. The summed E-state index contributed by atoms with van der Waals surface area (Å²) in [5, 5.41) is 3.45. The van der Waals surface area contributed by atoms with Crippen molar-refractivity contribution in [1.29, 1.82) is 0 Å². The van der Waals surface area contributed by atoms with Gasteiger partial charge in [0.25, 0.3) is 0 Å². The molecule has 0 radical (unpaired) electrons. The van der Waals surface area contributed by atoms with Crippen molar-refractivity contribution in [3.05, 3.63) is 18.2 Å². The molecule has 3 rings (SSSR count). The number of hydrogen-bond donors (Lipinski definition) is 1. The Kier molecular flexibility index (Phi) is 4.21. The lowest BCUT2D eigenvalue weighted by Crippen LogP contribution is -2.28. The van der Waals surface area contributed by atoms with Gasteiger partial charge in [-0.1, -0.05) is 26.2 Å². The summed E-state index contributed by atoms with van der Waals surface area (Å²) in [5.74, 6) is 2.48. The van der Waals surface area contributed by atoms with Crippen molar-refractivity contribution < 1.29 is 0 Å². The Labute approximate surface area is 116 Å². The summed E-state index contributed by atoms with van der Waals surface area (Å²) in [5.41, 5.74) is 1.49. The van der Waals surface area contributed by atoms with Gasteiger partial charge in [-0.3, -0.25) is 0 Å². The largest absolute Gasteiger partial charge is 0.334 e. The predicted molar refractivity (Wildman–Crippen MR) is 78.2 cm³/mol. The standard InChI is InChI=1S/C16H27N3/c1-13-4-2-3-5-15(13)11-19-12-18-10-16(19)14-6-8-17-9-7-14/h10,12-15,17H,2-9,11H2,1H3. The first-order chi connectivity index (χ1) is 9.34. The summed E-state index contributed by atoms with van der Waals surface area (Å²) in [6.07, 6.45) is 12.4. The molecule has 1 saturated carbocycles. The lowest BCUT2D eigenvalue weighted by Gasteiger charge is -2.31. The minimum atomic E-state index is 0.725. The topological polar surface area (TPSA) is 29.9 Å². The maximum absolute atomic E-state index is 4.43. The lowest BCUT2D eigenvalue weighted by molar-refractivity contribution is 0.225. The van der Waals surface area contributed by atoms with Gasteiger partial charge in [0, 0.05) is 24.4 Å². The number of imidazole rings is 1. The number of aromatic nitrogens is 2. The molecular weight excluding hydrogens is 234 g/mol. The zero-order chi connectivity index (χ0) is 13.1. The van der Waals surface area contributed by atoms with Gasteiger partial charge in [0.15, 0.2) is 0 Å². The predicted octanol–water partition coefficient (Wildman–Crippen LogP) is 3.18. The van der Waals surface area contributed by atoms with E-state index in [0.717, 1.165) is 30.8 Å². The van der Waals surface area contributed by atoms with Crippen molar-refractivity contribution in [2.45, 2.75) is 57.9 Å². The van der Waals surface area contributed by atoms with Crippen molar-refractivity contribution in [2.24, 2.45) is 11.8 Å². The second kappa shape index (κ2) is 6.08. The zero-order valence-corrected chi connectivity index (χ0v) is 12.1. The first-order valence-electron chi connectivity index (χ1n) is 8.05. The van der Waals surface area contributed by atoms with Gasteiger partial charge in [0.2, 0.25) is 0 Å². The zero-order valence-electron chi connectivity index (χ0n) is 12.1. The van der Waals surface area contributed by atoms with Crippen LogP contribution in [0.4, 0.5) is 0 Å². The number of nitrogens with zero attached hydrogens (tertiary/aromatic N) is 2. The van der Waals surface area contributed by atoms with Crippen molar-refractivity contribution in [3.8, 4) is 0 Å². The van der Waals surface area contributed by atoms with Crippen molar-refractivity contribution >= 4 is 0 Å². The van der Waals surface area contributed by atoms with Gasteiger partial charge >= 0.3 is 0 Å². The van der Waals surface area contributed by atoms with E-state index < -0.39 is 0 Å². The van der Waals surface area contributed by atoms with Crippen molar-refractivity contribution in [3.63, 3.8) is 0 Å². The van der Waals surface area contributed by atoms with E-state index in [9.17, 15) is 0 Å². The Hall–Kier alpha value is -0.830. The van der Waals surface area contributed by atoms with Gasteiger partial charge in [-0.2, -0.15) is 0 Å². The van der Waals surface area contributed by atoms with Crippen LogP contribution in [-0.4, -0.2) is 22.6 Å². The summed E-state index contributed by atoms with van der Waals surface area (Å²) in [6.45, 7) is 5.96. The minimum absolute atomic E-state index is 0.725. The van der Waals surface area contributed by atoms with Crippen LogP contribution in [0.2, 0.25) is 0 Å². The normalized spacial score (nSPS) is 29.5. The summed E-state index contributed by atoms with van der Waals surface area (Å²) in [6, 6.07) is 0. The molecule has 2 atom stereocenters. The summed E-state index contributed by atoms with van der Waals surface area (Å²) >= 11 is 0. The van der Waals surface area contributed by atoms with Crippen molar-refractivity contribution in [2.75, 3.05) is 13.1 Å². The SMILES string of the molecule is CC1CCCCC1Cn1cncc1C1CCNCC1. The van der Waals surface area contributed by atoms with Crippen LogP contribution < -0.4 is 5.32 Å². The van der Waals surface area contributed by atoms with Crippen LogP contribution in [0.1, 0.15) is 57.1 Å². The Balaban J connectivity index is 1.68. The van der Waals surface area contributed by atoms with Gasteiger partial charge < -0.3 is 9.88 Å². The number of hydrogen-bond acceptors (Lipinski definition) is 2. The molecule has 1 saturated heterocycles. The first-order valence-corrected chi connectivity index (χ1v) is 8.05. The summed E-state index contributed by atoms with van der Waals surface area (Å²) < 4.78 is 2.46. The van der Waals surface area contributed by atoms with Crippen LogP contribution in [0.15, 0.2) is 12.5 Å². The lowest BCUT2D eigenvalue weighted by atomic mass is 9.80. The van der Waals surface area contributed by atoms with E-state index in [1.165, 1.54) is 50.8 Å². The third kappa shape index (κ3) is 3.02. The van der Waals surface area contributed by atoms with E-state index in [4.69, 9.17) is 0 Å². The number of nitrogens with one attached hydrogen (secondary N) is 1. The molecule has 3 nitrogen and oxygen atoms in total. The van der Waals surface area contributed by atoms with E-state index in [2.05, 4.69) is 34.3 Å². The molecule has 0 amide bonds. The average Bonchev–Trinajstić information content (AvgIpc) is 2.91. The second-order valence-corrected chi connectivity index (χ2v) is 6.52. The average molecular weight is 261 g/mol. The van der Waals surface area contributed by atoms with Gasteiger partial charge in [-0.25, -0.2) is 4.98 Å². The molecule has 2 aliphatic rings. The van der Waals surface area contributed by atoms with E-state index in [0.29, 0.717) is 0 Å². The van der Waals surface area contributed by atoms with E-state index in [1.807, 2.05) is 0 Å². The Morgan fingerprint density at radius 2 is 2.00 bits per heavy atom. The van der Waals surface area contributed by atoms with E-state index in [-0.39, 0.29) is 0 Å². The molecule has 106 valence electrons. The van der Waals surface area contributed by atoms with Gasteiger partial charge in [-0.05, 0) is 44.2 Å². The van der Waals surface area contributed by atoms with Crippen molar-refractivity contribution in [1.82, 2.24) is 14.9 Å². The van der Waals surface area contributed by atoms with Crippen LogP contribution >= 0.6 is 0 Å². The fraction of sp³-hybridized carbons (Fsp3) is 0.812. The fourth-order valence-electron chi connectivity index (χ4n) is 3.86. The molecule has 0 aromatic carbocycles. The molecule has 2 heterocycles. The molecule has 3 heteroatoms. The second-order valence-electron chi connectivity index (χ2n) is 6.52. The Bertz CT molecular complexity index is 392. The van der Waals surface area contributed by atoms with Crippen LogP contribution in [-0.2, 0) is 6.54 Å². The maximum Gasteiger partial charge on any atom is 0.0948 e. The molecule has 2 fully saturated rings. The fourth-order valence-corrected chi connectivity index (χ4v) is 3.86. The Morgan fingerprint density at radius 1 is 1.21 bits per heavy atom. The highest BCUT2D eigenvalue weighted by atomic mass is 15.1. The highest BCUT2D eigenvalue weighted by Crippen LogP contribution is 2.32. The molecular formula is C16H27N3. The molecule has 1 aromatic heterocycles. The van der Waals surface area contributed by atoms with Gasteiger partial charge in [-0.15, -0.1) is 0 Å². The molecule has 19 heavy (non-hydrogen) atoms. The van der Waals surface area contributed by atoms with E-state index in [1.54, 1.807) is 0 Å².